The van der Waals surface area contributed by atoms with Crippen molar-refractivity contribution < 1.29 is 9.66 Å². The maximum Gasteiger partial charge on any atom is 0.276 e. The van der Waals surface area contributed by atoms with Gasteiger partial charge in [0.05, 0.1) is 15.4 Å². The fourth-order valence-electron chi connectivity index (χ4n) is 1.46. The van der Waals surface area contributed by atoms with Crippen molar-refractivity contribution in [3.05, 3.63) is 49.4 Å². The van der Waals surface area contributed by atoms with Gasteiger partial charge in [-0.05, 0) is 13.0 Å². The third kappa shape index (κ3) is 2.77. The molecule has 0 saturated heterocycles. The molecule has 1 aromatic heterocycles. The number of ether oxygens (including phenoxy) is 1. The minimum absolute atomic E-state index is 0.0508. The maximum atomic E-state index is 10.8. The van der Waals surface area contributed by atoms with E-state index in [1.54, 1.807) is 25.3 Å². The number of hydrogen-bond acceptors (Lipinski definition) is 5. The molecule has 0 atom stereocenters. The van der Waals surface area contributed by atoms with Gasteiger partial charge in [0.1, 0.15) is 12.4 Å². The zero-order valence-electron chi connectivity index (χ0n) is 9.42. The molecule has 0 unspecified atom stereocenters. The van der Waals surface area contributed by atoms with Crippen molar-refractivity contribution in [2.24, 2.45) is 0 Å². The van der Waals surface area contributed by atoms with E-state index < -0.39 is 4.92 Å². The van der Waals surface area contributed by atoms with Crippen LogP contribution in [0.1, 0.15) is 10.4 Å². The molecule has 0 bridgehead atoms. The van der Waals surface area contributed by atoms with Gasteiger partial charge in [0.15, 0.2) is 4.47 Å². The minimum Gasteiger partial charge on any atom is -0.487 e. The van der Waals surface area contributed by atoms with Crippen molar-refractivity contribution in [1.82, 2.24) is 4.98 Å². The molecule has 5 nitrogen and oxygen atoms in total. The average Bonchev–Trinajstić information content (AvgIpc) is 2.73. The molecule has 18 heavy (non-hydrogen) atoms. The number of nitro groups is 1. The van der Waals surface area contributed by atoms with Crippen molar-refractivity contribution in [1.29, 1.82) is 0 Å². The van der Waals surface area contributed by atoms with Gasteiger partial charge < -0.3 is 4.74 Å². The second kappa shape index (κ2) is 5.32. The smallest absolute Gasteiger partial charge is 0.276 e. The van der Waals surface area contributed by atoms with Gasteiger partial charge in [-0.3, -0.25) is 10.1 Å². The highest BCUT2D eigenvalue weighted by Crippen LogP contribution is 2.28. The summed E-state index contributed by atoms with van der Waals surface area (Å²) in [5.74, 6) is 0.494. The van der Waals surface area contributed by atoms with Crippen LogP contribution in [0.25, 0.3) is 0 Å². The lowest BCUT2D eigenvalue weighted by Crippen LogP contribution is -1.98. The van der Waals surface area contributed by atoms with Crippen molar-refractivity contribution in [2.75, 3.05) is 0 Å². The van der Waals surface area contributed by atoms with Crippen LogP contribution in [-0.4, -0.2) is 9.91 Å². The molecule has 0 amide bonds. The van der Waals surface area contributed by atoms with E-state index in [9.17, 15) is 10.1 Å². The third-order valence-corrected chi connectivity index (χ3v) is 3.44. The molecule has 94 valence electrons. The van der Waals surface area contributed by atoms with E-state index in [-0.39, 0.29) is 5.69 Å². The Morgan fingerprint density at radius 1 is 1.56 bits per heavy atom. The first-order valence-corrected chi connectivity index (χ1v) is 6.24. The Morgan fingerprint density at radius 3 is 2.94 bits per heavy atom. The van der Waals surface area contributed by atoms with Gasteiger partial charge in [0, 0.05) is 12.3 Å². The van der Waals surface area contributed by atoms with E-state index in [2.05, 4.69) is 4.98 Å². The zero-order chi connectivity index (χ0) is 13.1. The first kappa shape index (κ1) is 12.8. The maximum absolute atomic E-state index is 10.8. The van der Waals surface area contributed by atoms with Crippen LogP contribution in [0.5, 0.6) is 5.75 Å². The molecule has 0 aliphatic carbocycles. The Bertz CT molecular complexity index is 585. The summed E-state index contributed by atoms with van der Waals surface area (Å²) in [6, 6.07) is 4.75. The van der Waals surface area contributed by atoms with Crippen molar-refractivity contribution >= 4 is 28.6 Å². The summed E-state index contributed by atoms with van der Waals surface area (Å²) in [5.41, 5.74) is 0.563. The highest BCUT2D eigenvalue weighted by atomic mass is 35.5. The summed E-state index contributed by atoms with van der Waals surface area (Å²) in [7, 11) is 0. The monoisotopic (exact) mass is 284 g/mol. The van der Waals surface area contributed by atoms with E-state index in [0.29, 0.717) is 22.4 Å². The number of hydrogen-bond donors (Lipinski definition) is 0. The summed E-state index contributed by atoms with van der Waals surface area (Å²) in [5, 5.41) is 10.8. The van der Waals surface area contributed by atoms with E-state index in [1.807, 2.05) is 0 Å². The molecular weight excluding hydrogens is 276 g/mol. The highest BCUT2D eigenvalue weighted by Gasteiger charge is 2.14. The summed E-state index contributed by atoms with van der Waals surface area (Å²) in [6.45, 7) is 1.96. The lowest BCUT2D eigenvalue weighted by Gasteiger charge is -2.07. The second-order valence-corrected chi connectivity index (χ2v) is 5.22. The largest absolute Gasteiger partial charge is 0.487 e. The first-order chi connectivity index (χ1) is 8.58. The van der Waals surface area contributed by atoms with Crippen LogP contribution in [0.2, 0.25) is 4.47 Å². The molecule has 1 aromatic carbocycles. The van der Waals surface area contributed by atoms with Crippen molar-refractivity contribution in [3.8, 4) is 5.75 Å². The van der Waals surface area contributed by atoms with E-state index in [0.717, 1.165) is 4.88 Å². The van der Waals surface area contributed by atoms with Crippen LogP contribution in [0, 0.1) is 17.0 Å². The molecule has 2 rings (SSSR count). The van der Waals surface area contributed by atoms with Gasteiger partial charge in [-0.1, -0.05) is 17.7 Å². The number of nitrogens with zero attached hydrogens (tertiary/aromatic N) is 2. The fraction of sp³-hybridized carbons (Fsp3) is 0.182. The molecule has 2 aromatic rings. The van der Waals surface area contributed by atoms with E-state index in [4.69, 9.17) is 16.3 Å². The number of nitro benzene ring substituents is 1. The summed E-state index contributed by atoms with van der Waals surface area (Å²) in [6.07, 6.45) is 1.62. The number of thiazole rings is 1. The van der Waals surface area contributed by atoms with Crippen molar-refractivity contribution in [2.45, 2.75) is 13.5 Å². The molecule has 1 heterocycles. The standard InChI is InChI=1S/C11H9ClN2O3S/c1-7-9(14(15)16)3-2-4-10(7)17-6-8-5-13-11(12)18-8/h2-5H,6H2,1H3. The predicted molar refractivity (Wildman–Crippen MR) is 69.3 cm³/mol. The molecule has 0 N–H and O–H groups in total. The topological polar surface area (TPSA) is 65.3 Å². The van der Waals surface area contributed by atoms with Crippen LogP contribution in [0.15, 0.2) is 24.4 Å². The first-order valence-electron chi connectivity index (χ1n) is 5.05. The highest BCUT2D eigenvalue weighted by molar-refractivity contribution is 7.15. The molecule has 7 heteroatoms. The molecule has 0 fully saturated rings. The third-order valence-electron chi connectivity index (χ3n) is 2.35. The fourth-order valence-corrected chi connectivity index (χ4v) is 2.35. The normalized spacial score (nSPS) is 10.3. The average molecular weight is 285 g/mol. The molecule has 0 aliphatic heterocycles. The van der Waals surface area contributed by atoms with Crippen molar-refractivity contribution in [3.63, 3.8) is 0 Å². The molecular formula is C11H9ClN2O3S. The Morgan fingerprint density at radius 2 is 2.33 bits per heavy atom. The number of halogens is 1. The van der Waals surface area contributed by atoms with E-state index >= 15 is 0 Å². The van der Waals surface area contributed by atoms with Crippen LogP contribution >= 0.6 is 22.9 Å². The Kier molecular flexibility index (Phi) is 3.78. The quantitative estimate of drug-likeness (QED) is 0.635. The van der Waals surface area contributed by atoms with Crippen LogP contribution in [0.4, 0.5) is 5.69 Å². The lowest BCUT2D eigenvalue weighted by molar-refractivity contribution is -0.385. The van der Waals surface area contributed by atoms with Crippen LogP contribution < -0.4 is 4.74 Å². The summed E-state index contributed by atoms with van der Waals surface area (Å²) < 4.78 is 5.98. The van der Waals surface area contributed by atoms with Gasteiger partial charge in [-0.25, -0.2) is 4.98 Å². The molecule has 0 aliphatic rings. The van der Waals surface area contributed by atoms with Crippen LogP contribution in [-0.2, 0) is 6.61 Å². The summed E-state index contributed by atoms with van der Waals surface area (Å²) >= 11 is 7.02. The number of benzene rings is 1. The predicted octanol–water partition coefficient (Wildman–Crippen LogP) is 3.59. The summed E-state index contributed by atoms with van der Waals surface area (Å²) in [4.78, 5) is 15.1. The molecule has 0 spiro atoms. The number of aromatic nitrogens is 1. The minimum atomic E-state index is -0.425. The molecule has 0 saturated carbocycles. The van der Waals surface area contributed by atoms with Gasteiger partial charge >= 0.3 is 0 Å². The SMILES string of the molecule is Cc1c(OCc2cnc(Cl)s2)cccc1[N+](=O)[O-]. The second-order valence-electron chi connectivity index (χ2n) is 3.53. The molecule has 0 radical (unpaired) electrons. The number of rotatable bonds is 4. The lowest BCUT2D eigenvalue weighted by atomic mass is 10.2. The Balaban J connectivity index is 2.14. The Labute approximate surface area is 112 Å². The Hall–Kier alpha value is -1.66. The van der Waals surface area contributed by atoms with Crippen LogP contribution in [0.3, 0.4) is 0 Å². The van der Waals surface area contributed by atoms with Gasteiger partial charge in [-0.15, -0.1) is 11.3 Å². The van der Waals surface area contributed by atoms with Gasteiger partial charge in [0.25, 0.3) is 5.69 Å². The zero-order valence-corrected chi connectivity index (χ0v) is 11.0. The van der Waals surface area contributed by atoms with E-state index in [1.165, 1.54) is 17.4 Å². The van der Waals surface area contributed by atoms with Gasteiger partial charge in [-0.2, -0.15) is 0 Å². The van der Waals surface area contributed by atoms with Gasteiger partial charge in [0.2, 0.25) is 0 Å².